The first-order valence-electron chi connectivity index (χ1n) is 11.4. The summed E-state index contributed by atoms with van der Waals surface area (Å²) in [6, 6.07) is 10.7. The fraction of sp³-hybridized carbons (Fsp3) is 0.500. The summed E-state index contributed by atoms with van der Waals surface area (Å²) >= 11 is 6.34. The molecular formula is C26H33ClN2. The Morgan fingerprint density at radius 1 is 1.10 bits per heavy atom. The quantitative estimate of drug-likeness (QED) is 0.544. The van der Waals surface area contributed by atoms with E-state index in [0.717, 1.165) is 43.2 Å². The Labute approximate surface area is 180 Å². The standard InChI is InChI=1S/C26H33ClN2/c1-2-20(14-16-28-18-19-7-4-3-5-8-19)25-24-13-12-23(27)17-22(24)11-10-21-9-6-15-29-26(21)25/h6,9,12-13,15,17,19,28H,2-5,7-8,10-11,14,16,18H2,1H3/b25-20-. The van der Waals surface area contributed by atoms with Crippen LogP contribution in [0.4, 0.5) is 0 Å². The van der Waals surface area contributed by atoms with E-state index in [4.69, 9.17) is 16.6 Å². The van der Waals surface area contributed by atoms with Gasteiger partial charge in [0.15, 0.2) is 0 Å². The van der Waals surface area contributed by atoms with Gasteiger partial charge in [-0.2, -0.15) is 0 Å². The van der Waals surface area contributed by atoms with Crippen LogP contribution in [0.15, 0.2) is 42.1 Å². The fourth-order valence-corrected chi connectivity index (χ4v) is 5.24. The molecule has 2 nitrogen and oxygen atoms in total. The van der Waals surface area contributed by atoms with Crippen molar-refractivity contribution in [1.29, 1.82) is 0 Å². The molecule has 0 spiro atoms. The molecule has 0 bridgehead atoms. The molecule has 4 rings (SSSR count). The highest BCUT2D eigenvalue weighted by atomic mass is 35.5. The lowest BCUT2D eigenvalue weighted by Crippen LogP contribution is -2.25. The number of hydrogen-bond donors (Lipinski definition) is 1. The molecule has 1 aromatic heterocycles. The third-order valence-corrected chi connectivity index (χ3v) is 6.91. The van der Waals surface area contributed by atoms with E-state index in [0.29, 0.717) is 0 Å². The van der Waals surface area contributed by atoms with E-state index in [-0.39, 0.29) is 0 Å². The van der Waals surface area contributed by atoms with E-state index >= 15 is 0 Å². The normalized spacial score (nSPS) is 18.7. The fourth-order valence-electron chi connectivity index (χ4n) is 5.05. The van der Waals surface area contributed by atoms with Crippen LogP contribution in [0.3, 0.4) is 0 Å². The van der Waals surface area contributed by atoms with Crippen LogP contribution in [-0.4, -0.2) is 18.1 Å². The van der Waals surface area contributed by atoms with Crippen LogP contribution in [0.25, 0.3) is 5.57 Å². The van der Waals surface area contributed by atoms with Crippen molar-refractivity contribution in [2.75, 3.05) is 13.1 Å². The maximum absolute atomic E-state index is 6.34. The summed E-state index contributed by atoms with van der Waals surface area (Å²) in [5, 5.41) is 4.58. The van der Waals surface area contributed by atoms with E-state index in [1.807, 2.05) is 12.3 Å². The molecule has 0 unspecified atom stereocenters. The Kier molecular flexibility index (Phi) is 7.05. The zero-order valence-electron chi connectivity index (χ0n) is 17.6. The SMILES string of the molecule is CC/C(CCNCC1CCCCC1)=C1\c2ccc(Cl)cc2CCc2cccnc21. The zero-order valence-corrected chi connectivity index (χ0v) is 18.4. The molecule has 1 N–H and O–H groups in total. The van der Waals surface area contributed by atoms with E-state index < -0.39 is 0 Å². The van der Waals surface area contributed by atoms with Crippen LogP contribution in [0.1, 0.15) is 74.3 Å². The lowest BCUT2D eigenvalue weighted by molar-refractivity contribution is 0.343. The third kappa shape index (κ3) is 4.92. The summed E-state index contributed by atoms with van der Waals surface area (Å²) in [4.78, 5) is 4.84. The lowest BCUT2D eigenvalue weighted by atomic mass is 9.89. The number of pyridine rings is 1. The van der Waals surface area contributed by atoms with Gasteiger partial charge in [-0.05, 0) is 92.4 Å². The maximum Gasteiger partial charge on any atom is 0.0739 e. The van der Waals surface area contributed by atoms with Gasteiger partial charge in [0.1, 0.15) is 0 Å². The number of hydrogen-bond acceptors (Lipinski definition) is 2. The monoisotopic (exact) mass is 408 g/mol. The minimum absolute atomic E-state index is 0.828. The number of aryl methyl sites for hydroxylation is 2. The van der Waals surface area contributed by atoms with Crippen molar-refractivity contribution in [1.82, 2.24) is 10.3 Å². The summed E-state index contributed by atoms with van der Waals surface area (Å²) in [6.07, 6.45) is 13.2. The average molecular weight is 409 g/mol. The summed E-state index contributed by atoms with van der Waals surface area (Å²) < 4.78 is 0. The van der Waals surface area contributed by atoms with Gasteiger partial charge in [0.25, 0.3) is 0 Å². The minimum atomic E-state index is 0.828. The van der Waals surface area contributed by atoms with Crippen molar-refractivity contribution in [3.05, 3.63) is 69.5 Å². The van der Waals surface area contributed by atoms with Gasteiger partial charge < -0.3 is 5.32 Å². The number of nitrogens with one attached hydrogen (secondary N) is 1. The van der Waals surface area contributed by atoms with Gasteiger partial charge in [0, 0.05) is 16.8 Å². The van der Waals surface area contributed by atoms with Crippen LogP contribution in [-0.2, 0) is 12.8 Å². The van der Waals surface area contributed by atoms with Crippen LogP contribution >= 0.6 is 11.6 Å². The average Bonchev–Trinajstić information content (AvgIpc) is 2.91. The molecule has 1 aromatic carbocycles. The van der Waals surface area contributed by atoms with Crippen molar-refractivity contribution in [2.45, 2.75) is 64.7 Å². The molecule has 0 aliphatic heterocycles. The minimum Gasteiger partial charge on any atom is -0.316 e. The third-order valence-electron chi connectivity index (χ3n) is 6.67. The number of rotatable bonds is 6. The van der Waals surface area contributed by atoms with Gasteiger partial charge in [0.05, 0.1) is 5.69 Å². The van der Waals surface area contributed by atoms with Gasteiger partial charge >= 0.3 is 0 Å². The molecule has 2 aliphatic rings. The summed E-state index contributed by atoms with van der Waals surface area (Å²) in [7, 11) is 0. The van der Waals surface area contributed by atoms with E-state index in [9.17, 15) is 0 Å². The van der Waals surface area contributed by atoms with Gasteiger partial charge in [0.2, 0.25) is 0 Å². The maximum atomic E-state index is 6.34. The Morgan fingerprint density at radius 3 is 2.76 bits per heavy atom. The van der Waals surface area contributed by atoms with Crippen molar-refractivity contribution >= 4 is 17.2 Å². The summed E-state index contributed by atoms with van der Waals surface area (Å²) in [6.45, 7) is 4.51. The van der Waals surface area contributed by atoms with E-state index in [1.165, 1.54) is 72.2 Å². The molecule has 1 saturated carbocycles. The first-order chi connectivity index (χ1) is 14.3. The molecule has 0 radical (unpaired) electrons. The van der Waals surface area contributed by atoms with E-state index in [2.05, 4.69) is 36.5 Å². The summed E-state index contributed by atoms with van der Waals surface area (Å²) in [5.41, 5.74) is 8.08. The van der Waals surface area contributed by atoms with Crippen molar-refractivity contribution < 1.29 is 0 Å². The topological polar surface area (TPSA) is 24.9 Å². The van der Waals surface area contributed by atoms with Gasteiger partial charge in [-0.25, -0.2) is 0 Å². The predicted octanol–water partition coefficient (Wildman–Crippen LogP) is 6.61. The molecule has 1 heterocycles. The van der Waals surface area contributed by atoms with Crippen LogP contribution in [0, 0.1) is 5.92 Å². The smallest absolute Gasteiger partial charge is 0.0739 e. The Hall–Kier alpha value is -1.64. The number of halogens is 1. The lowest BCUT2D eigenvalue weighted by Gasteiger charge is -2.22. The molecule has 1 fully saturated rings. The molecule has 29 heavy (non-hydrogen) atoms. The Balaban J connectivity index is 1.60. The second kappa shape index (κ2) is 9.91. The molecule has 0 atom stereocenters. The molecule has 0 saturated heterocycles. The molecule has 0 amide bonds. The zero-order chi connectivity index (χ0) is 20.1. The van der Waals surface area contributed by atoms with Crippen molar-refractivity contribution in [3.8, 4) is 0 Å². The number of aromatic nitrogens is 1. The number of benzene rings is 1. The largest absolute Gasteiger partial charge is 0.316 e. The van der Waals surface area contributed by atoms with Crippen LogP contribution in [0.2, 0.25) is 5.02 Å². The number of nitrogens with zero attached hydrogens (tertiary/aromatic N) is 1. The number of fused-ring (bicyclic) bond motifs is 2. The van der Waals surface area contributed by atoms with Gasteiger partial charge in [-0.1, -0.05) is 55.5 Å². The van der Waals surface area contributed by atoms with Crippen molar-refractivity contribution in [2.24, 2.45) is 5.92 Å². The second-order valence-corrected chi connectivity index (χ2v) is 9.04. The second-order valence-electron chi connectivity index (χ2n) is 8.60. The van der Waals surface area contributed by atoms with E-state index in [1.54, 1.807) is 0 Å². The molecule has 154 valence electrons. The van der Waals surface area contributed by atoms with Crippen LogP contribution in [0.5, 0.6) is 0 Å². The van der Waals surface area contributed by atoms with Crippen molar-refractivity contribution in [3.63, 3.8) is 0 Å². The predicted molar refractivity (Wildman–Crippen MR) is 123 cm³/mol. The molecule has 2 aliphatic carbocycles. The first-order valence-corrected chi connectivity index (χ1v) is 11.8. The Morgan fingerprint density at radius 2 is 1.93 bits per heavy atom. The highest BCUT2D eigenvalue weighted by Gasteiger charge is 2.22. The Bertz CT molecular complexity index is 865. The van der Waals surface area contributed by atoms with Crippen LogP contribution < -0.4 is 5.32 Å². The molecular weight excluding hydrogens is 376 g/mol. The highest BCUT2D eigenvalue weighted by Crippen LogP contribution is 2.37. The molecule has 2 aromatic rings. The molecule has 3 heteroatoms. The summed E-state index contributed by atoms with van der Waals surface area (Å²) in [5.74, 6) is 0.879. The van der Waals surface area contributed by atoms with Gasteiger partial charge in [-0.3, -0.25) is 4.98 Å². The van der Waals surface area contributed by atoms with Gasteiger partial charge in [-0.15, -0.1) is 0 Å². The highest BCUT2D eigenvalue weighted by molar-refractivity contribution is 6.30. The first kappa shape index (κ1) is 20.6.